The van der Waals surface area contributed by atoms with Crippen molar-refractivity contribution in [2.75, 3.05) is 19.6 Å². The number of carbonyl (C=O) groups excluding carboxylic acids is 2. The van der Waals surface area contributed by atoms with Crippen LogP contribution in [-0.4, -0.2) is 52.3 Å². The van der Waals surface area contributed by atoms with Gasteiger partial charge < -0.3 is 14.5 Å². The van der Waals surface area contributed by atoms with Crippen molar-refractivity contribution in [1.29, 1.82) is 0 Å². The third-order valence-corrected chi connectivity index (χ3v) is 5.78. The number of para-hydroxylation sites is 1. The van der Waals surface area contributed by atoms with E-state index < -0.39 is 0 Å². The summed E-state index contributed by atoms with van der Waals surface area (Å²) in [6.45, 7) is 4.35. The van der Waals surface area contributed by atoms with Crippen molar-refractivity contribution in [1.82, 2.24) is 14.8 Å². The zero-order valence-corrected chi connectivity index (χ0v) is 16.8. The van der Waals surface area contributed by atoms with Gasteiger partial charge in [-0.25, -0.2) is 0 Å². The van der Waals surface area contributed by atoms with Crippen LogP contribution in [0.1, 0.15) is 30.5 Å². The second-order valence-corrected chi connectivity index (χ2v) is 7.90. The predicted octanol–water partition coefficient (Wildman–Crippen LogP) is 2.81. The molecule has 2 fully saturated rings. The van der Waals surface area contributed by atoms with Gasteiger partial charge in [0.15, 0.2) is 0 Å². The Kier molecular flexibility index (Phi) is 5.79. The van der Waals surface area contributed by atoms with Crippen LogP contribution in [0.2, 0.25) is 0 Å². The molecule has 1 atom stereocenters. The summed E-state index contributed by atoms with van der Waals surface area (Å²) >= 11 is 0. The molecule has 4 rings (SSSR count). The third kappa shape index (κ3) is 4.58. The average molecular weight is 393 g/mol. The molecule has 0 aliphatic carbocycles. The van der Waals surface area contributed by atoms with Gasteiger partial charge in [0.25, 0.3) is 0 Å². The number of piperidine rings is 1. The molecule has 152 valence electrons. The smallest absolute Gasteiger partial charge is 0.227 e. The first-order chi connectivity index (χ1) is 14.1. The van der Waals surface area contributed by atoms with Crippen LogP contribution < -0.4 is 4.74 Å². The van der Waals surface area contributed by atoms with Crippen molar-refractivity contribution in [3.63, 3.8) is 0 Å². The van der Waals surface area contributed by atoms with E-state index in [9.17, 15) is 9.59 Å². The van der Waals surface area contributed by atoms with E-state index in [4.69, 9.17) is 4.74 Å². The highest BCUT2D eigenvalue weighted by Gasteiger charge is 2.37. The number of pyridine rings is 1. The van der Waals surface area contributed by atoms with Crippen LogP contribution in [0.5, 0.6) is 5.75 Å². The molecule has 1 unspecified atom stereocenters. The number of carbonyl (C=O) groups is 2. The molecule has 0 bridgehead atoms. The van der Waals surface area contributed by atoms with Crippen LogP contribution in [0.4, 0.5) is 0 Å². The van der Waals surface area contributed by atoms with Crippen molar-refractivity contribution in [3.05, 3.63) is 59.9 Å². The molecule has 29 heavy (non-hydrogen) atoms. The molecule has 2 aromatic rings. The van der Waals surface area contributed by atoms with Crippen LogP contribution >= 0.6 is 0 Å². The number of aryl methyl sites for hydroxylation is 1. The first kappa shape index (κ1) is 19.4. The molecule has 2 saturated heterocycles. The van der Waals surface area contributed by atoms with Gasteiger partial charge in [0.2, 0.25) is 11.8 Å². The van der Waals surface area contributed by atoms with Crippen LogP contribution in [0.3, 0.4) is 0 Å². The number of hydrogen-bond donors (Lipinski definition) is 0. The second-order valence-electron chi connectivity index (χ2n) is 7.90. The summed E-state index contributed by atoms with van der Waals surface area (Å²) in [4.78, 5) is 33.3. The Bertz CT molecular complexity index is 863. The van der Waals surface area contributed by atoms with Crippen molar-refractivity contribution in [2.45, 2.75) is 38.8 Å². The molecule has 6 heteroatoms. The quantitative estimate of drug-likeness (QED) is 0.784. The molecule has 6 nitrogen and oxygen atoms in total. The van der Waals surface area contributed by atoms with Crippen LogP contribution in [-0.2, 0) is 16.1 Å². The lowest BCUT2D eigenvalue weighted by Crippen LogP contribution is -2.44. The van der Waals surface area contributed by atoms with Crippen molar-refractivity contribution < 1.29 is 14.3 Å². The fraction of sp³-hybridized carbons (Fsp3) is 0.435. The van der Waals surface area contributed by atoms with Crippen molar-refractivity contribution >= 4 is 11.8 Å². The van der Waals surface area contributed by atoms with E-state index in [0.29, 0.717) is 32.6 Å². The number of benzene rings is 1. The Morgan fingerprint density at radius 3 is 2.62 bits per heavy atom. The van der Waals surface area contributed by atoms with Gasteiger partial charge in [-0.15, -0.1) is 0 Å². The molecule has 1 aromatic carbocycles. The Morgan fingerprint density at radius 1 is 1.14 bits per heavy atom. The Hall–Kier alpha value is -2.89. The minimum absolute atomic E-state index is 0.0341. The van der Waals surface area contributed by atoms with E-state index in [1.807, 2.05) is 54.3 Å². The van der Waals surface area contributed by atoms with Crippen LogP contribution in [0.25, 0.3) is 0 Å². The number of ether oxygens (including phenoxy) is 1. The van der Waals surface area contributed by atoms with E-state index in [0.717, 1.165) is 29.8 Å². The largest absolute Gasteiger partial charge is 0.490 e. The molecule has 2 aliphatic heterocycles. The molecule has 2 amide bonds. The van der Waals surface area contributed by atoms with Gasteiger partial charge in [-0.3, -0.25) is 14.6 Å². The number of nitrogens with zero attached hydrogens (tertiary/aromatic N) is 3. The number of hydrogen-bond acceptors (Lipinski definition) is 4. The topological polar surface area (TPSA) is 62.7 Å². The molecular formula is C23H27N3O3. The lowest BCUT2D eigenvalue weighted by atomic mass is 10.0. The Morgan fingerprint density at radius 2 is 1.90 bits per heavy atom. The van der Waals surface area contributed by atoms with E-state index in [-0.39, 0.29) is 23.8 Å². The summed E-state index contributed by atoms with van der Waals surface area (Å²) in [5, 5.41) is 0. The van der Waals surface area contributed by atoms with Crippen LogP contribution in [0, 0.1) is 12.8 Å². The second kappa shape index (κ2) is 8.64. The zero-order valence-electron chi connectivity index (χ0n) is 16.8. The van der Waals surface area contributed by atoms with E-state index in [1.54, 1.807) is 11.1 Å². The maximum Gasteiger partial charge on any atom is 0.227 e. The highest BCUT2D eigenvalue weighted by molar-refractivity contribution is 5.89. The molecule has 0 radical (unpaired) electrons. The van der Waals surface area contributed by atoms with Gasteiger partial charge in [-0.05, 0) is 30.7 Å². The summed E-state index contributed by atoms with van der Waals surface area (Å²) in [5.74, 6) is 0.798. The van der Waals surface area contributed by atoms with Gasteiger partial charge in [0, 0.05) is 45.1 Å². The number of likely N-dealkylation sites (tertiary alicyclic amines) is 2. The summed E-state index contributed by atoms with van der Waals surface area (Å²) in [7, 11) is 0. The molecule has 2 aliphatic rings. The van der Waals surface area contributed by atoms with Gasteiger partial charge in [-0.1, -0.05) is 24.3 Å². The predicted molar refractivity (Wildman–Crippen MR) is 109 cm³/mol. The highest BCUT2D eigenvalue weighted by atomic mass is 16.5. The van der Waals surface area contributed by atoms with Gasteiger partial charge in [0.05, 0.1) is 18.2 Å². The van der Waals surface area contributed by atoms with Crippen molar-refractivity contribution in [3.8, 4) is 5.75 Å². The normalized spacial score (nSPS) is 20.2. The molecule has 0 spiro atoms. The highest BCUT2D eigenvalue weighted by Crippen LogP contribution is 2.26. The molecular weight excluding hydrogens is 366 g/mol. The van der Waals surface area contributed by atoms with E-state index in [2.05, 4.69) is 4.98 Å². The lowest BCUT2D eigenvalue weighted by Gasteiger charge is -2.33. The summed E-state index contributed by atoms with van der Waals surface area (Å²) in [6, 6.07) is 13.7. The maximum absolute atomic E-state index is 13.0. The minimum atomic E-state index is -0.250. The average Bonchev–Trinajstić information content (AvgIpc) is 3.11. The van der Waals surface area contributed by atoms with E-state index in [1.165, 1.54) is 0 Å². The zero-order chi connectivity index (χ0) is 20.2. The number of aromatic nitrogens is 1. The van der Waals surface area contributed by atoms with E-state index >= 15 is 0 Å². The van der Waals surface area contributed by atoms with Gasteiger partial charge in [0.1, 0.15) is 11.9 Å². The van der Waals surface area contributed by atoms with Gasteiger partial charge in [-0.2, -0.15) is 0 Å². The van der Waals surface area contributed by atoms with Crippen LogP contribution in [0.15, 0.2) is 48.7 Å². The Balaban J connectivity index is 1.28. The van der Waals surface area contributed by atoms with Crippen molar-refractivity contribution in [2.24, 2.45) is 5.92 Å². The number of rotatable bonds is 5. The molecule has 0 saturated carbocycles. The standard InChI is InChI=1S/C23H27N3O3/c1-17-6-2-3-8-21(17)29-20-9-12-25(13-10-20)23(28)18-14-22(27)26(15-18)16-19-7-4-5-11-24-19/h2-8,11,18,20H,9-10,12-16H2,1H3. The maximum atomic E-state index is 13.0. The monoisotopic (exact) mass is 393 g/mol. The first-order valence-corrected chi connectivity index (χ1v) is 10.3. The molecule has 1 aromatic heterocycles. The first-order valence-electron chi connectivity index (χ1n) is 10.3. The fourth-order valence-corrected chi connectivity index (χ4v) is 4.10. The van der Waals surface area contributed by atoms with Gasteiger partial charge >= 0.3 is 0 Å². The lowest BCUT2D eigenvalue weighted by molar-refractivity contribution is -0.137. The summed E-state index contributed by atoms with van der Waals surface area (Å²) < 4.78 is 6.13. The molecule has 0 N–H and O–H groups in total. The minimum Gasteiger partial charge on any atom is -0.490 e. The molecule has 3 heterocycles. The Labute approximate surface area is 171 Å². The number of amides is 2. The summed E-state index contributed by atoms with van der Waals surface area (Å²) in [5.41, 5.74) is 1.98. The fourth-order valence-electron chi connectivity index (χ4n) is 4.10. The third-order valence-electron chi connectivity index (χ3n) is 5.78. The SMILES string of the molecule is Cc1ccccc1OC1CCN(C(=O)C2CC(=O)N(Cc3ccccn3)C2)CC1. The summed E-state index contributed by atoms with van der Waals surface area (Å²) in [6.07, 6.45) is 3.79.